The minimum Gasteiger partial charge on any atom is -0.442 e. The van der Waals surface area contributed by atoms with Crippen molar-refractivity contribution < 1.29 is 14.3 Å². The minimum absolute atomic E-state index is 0.564. The van der Waals surface area contributed by atoms with E-state index < -0.39 is 12.2 Å². The number of fused-ring (bicyclic) bond motifs is 1. The van der Waals surface area contributed by atoms with E-state index in [1.807, 2.05) is 13.0 Å². The smallest absolute Gasteiger partial charge is 0.321 e. The molecule has 4 heteroatoms. The van der Waals surface area contributed by atoms with Gasteiger partial charge in [-0.1, -0.05) is 6.07 Å². The van der Waals surface area contributed by atoms with E-state index in [-0.39, 0.29) is 0 Å². The predicted octanol–water partition coefficient (Wildman–Crippen LogP) is 0.578. The Labute approximate surface area is 75.2 Å². The van der Waals surface area contributed by atoms with E-state index in [1.54, 1.807) is 12.1 Å². The molecule has 0 spiro atoms. The molecule has 1 atom stereocenters. The molecule has 0 radical (unpaired) electrons. The van der Waals surface area contributed by atoms with Crippen molar-refractivity contribution in [2.75, 3.05) is 0 Å². The molecule has 1 heterocycles. The molecule has 0 saturated carbocycles. The maximum atomic E-state index is 10.7. The molecule has 1 unspecified atom stereocenters. The third kappa shape index (κ3) is 1.30. The average Bonchev–Trinajstić information content (AvgIpc) is 2.46. The third-order valence-electron chi connectivity index (χ3n) is 1.80. The molecule has 0 aromatic heterocycles. The number of carbonyl (C=O) groups is 1. The normalized spacial score (nSPS) is 18.7. The number of primary amides is 1. The van der Waals surface area contributed by atoms with Crippen LogP contribution in [0, 0.1) is 6.92 Å². The average molecular weight is 179 g/mol. The van der Waals surface area contributed by atoms with Crippen molar-refractivity contribution in [1.29, 1.82) is 0 Å². The number of aryl methyl sites for hydroxylation is 1. The minimum atomic E-state index is -0.975. The summed E-state index contributed by atoms with van der Waals surface area (Å²) in [5.41, 5.74) is 6.07. The van der Waals surface area contributed by atoms with Gasteiger partial charge in [0.2, 0.25) is 0 Å². The Bertz CT molecular complexity index is 362. The van der Waals surface area contributed by atoms with Crippen LogP contribution in [-0.2, 0) is 4.79 Å². The van der Waals surface area contributed by atoms with Gasteiger partial charge < -0.3 is 15.2 Å². The van der Waals surface area contributed by atoms with Crippen molar-refractivity contribution in [3.8, 4) is 11.5 Å². The summed E-state index contributed by atoms with van der Waals surface area (Å²) in [4.78, 5) is 10.7. The number of hydrogen-bond donors (Lipinski definition) is 1. The van der Waals surface area contributed by atoms with E-state index in [2.05, 4.69) is 0 Å². The van der Waals surface area contributed by atoms with Crippen LogP contribution in [-0.4, -0.2) is 12.2 Å². The summed E-state index contributed by atoms with van der Waals surface area (Å²) in [6.07, 6.45) is -0.975. The molecule has 0 bridgehead atoms. The summed E-state index contributed by atoms with van der Waals surface area (Å²) in [6, 6.07) is 5.44. The van der Waals surface area contributed by atoms with Gasteiger partial charge in [-0.15, -0.1) is 0 Å². The molecule has 2 rings (SSSR count). The number of carbonyl (C=O) groups excluding carboxylic acids is 1. The summed E-state index contributed by atoms with van der Waals surface area (Å²) >= 11 is 0. The maximum Gasteiger partial charge on any atom is 0.321 e. The van der Waals surface area contributed by atoms with E-state index in [4.69, 9.17) is 15.2 Å². The molecule has 0 saturated heterocycles. The number of amides is 1. The lowest BCUT2D eigenvalue weighted by Crippen LogP contribution is -2.35. The highest BCUT2D eigenvalue weighted by molar-refractivity contribution is 5.79. The SMILES string of the molecule is Cc1ccc2c(c1)OC(C(N)=O)O2. The van der Waals surface area contributed by atoms with Crippen LogP contribution in [0.4, 0.5) is 0 Å². The number of hydrogen-bond acceptors (Lipinski definition) is 3. The zero-order valence-electron chi connectivity index (χ0n) is 7.11. The molecular formula is C9H9NO3. The van der Waals surface area contributed by atoms with Gasteiger partial charge in [0.1, 0.15) is 0 Å². The molecule has 1 aromatic carbocycles. The van der Waals surface area contributed by atoms with Gasteiger partial charge in [0.25, 0.3) is 5.91 Å². The van der Waals surface area contributed by atoms with E-state index in [9.17, 15) is 4.79 Å². The predicted molar refractivity (Wildman–Crippen MR) is 45.4 cm³/mol. The lowest BCUT2D eigenvalue weighted by Gasteiger charge is -2.03. The van der Waals surface area contributed by atoms with Crippen LogP contribution >= 0.6 is 0 Å². The highest BCUT2D eigenvalue weighted by Crippen LogP contribution is 2.34. The number of nitrogens with two attached hydrogens (primary N) is 1. The second-order valence-electron chi connectivity index (χ2n) is 2.92. The van der Waals surface area contributed by atoms with Crippen molar-refractivity contribution in [2.45, 2.75) is 13.2 Å². The Morgan fingerprint density at radius 1 is 1.38 bits per heavy atom. The lowest BCUT2D eigenvalue weighted by molar-refractivity contribution is -0.133. The Balaban J connectivity index is 2.30. The van der Waals surface area contributed by atoms with E-state index in [0.717, 1.165) is 5.56 Å². The topological polar surface area (TPSA) is 61.5 Å². The van der Waals surface area contributed by atoms with Gasteiger partial charge in [-0.25, -0.2) is 0 Å². The lowest BCUT2D eigenvalue weighted by atomic mass is 10.2. The van der Waals surface area contributed by atoms with Gasteiger partial charge in [-0.05, 0) is 24.6 Å². The van der Waals surface area contributed by atoms with Crippen LogP contribution in [0.15, 0.2) is 18.2 Å². The zero-order chi connectivity index (χ0) is 9.42. The fourth-order valence-electron chi connectivity index (χ4n) is 1.18. The fraction of sp³-hybridized carbons (Fsp3) is 0.222. The van der Waals surface area contributed by atoms with Gasteiger partial charge in [0.15, 0.2) is 11.5 Å². The Morgan fingerprint density at radius 2 is 2.08 bits per heavy atom. The first-order chi connectivity index (χ1) is 6.16. The van der Waals surface area contributed by atoms with Gasteiger partial charge in [0.05, 0.1) is 0 Å². The van der Waals surface area contributed by atoms with Crippen LogP contribution in [0.1, 0.15) is 5.56 Å². The Kier molecular flexibility index (Phi) is 1.62. The standard InChI is InChI=1S/C9H9NO3/c1-5-2-3-6-7(4-5)13-9(12-6)8(10)11/h2-4,9H,1H3,(H2,10,11). The summed E-state index contributed by atoms with van der Waals surface area (Å²) in [5.74, 6) is 0.520. The zero-order valence-corrected chi connectivity index (χ0v) is 7.11. The molecule has 4 nitrogen and oxygen atoms in total. The van der Waals surface area contributed by atoms with Crippen LogP contribution in [0.5, 0.6) is 11.5 Å². The fourth-order valence-corrected chi connectivity index (χ4v) is 1.18. The molecule has 0 aliphatic carbocycles. The van der Waals surface area contributed by atoms with Crippen molar-refractivity contribution in [1.82, 2.24) is 0 Å². The first kappa shape index (κ1) is 7.91. The molecular weight excluding hydrogens is 170 g/mol. The molecule has 2 N–H and O–H groups in total. The number of benzene rings is 1. The monoisotopic (exact) mass is 179 g/mol. The van der Waals surface area contributed by atoms with Gasteiger partial charge in [-0.2, -0.15) is 0 Å². The quantitative estimate of drug-likeness (QED) is 0.685. The second-order valence-corrected chi connectivity index (χ2v) is 2.92. The van der Waals surface area contributed by atoms with Crippen LogP contribution in [0.25, 0.3) is 0 Å². The number of rotatable bonds is 1. The molecule has 13 heavy (non-hydrogen) atoms. The van der Waals surface area contributed by atoms with Crippen molar-refractivity contribution in [2.24, 2.45) is 5.73 Å². The van der Waals surface area contributed by atoms with Crippen LogP contribution < -0.4 is 15.2 Å². The van der Waals surface area contributed by atoms with Crippen molar-refractivity contribution in [3.63, 3.8) is 0 Å². The first-order valence-corrected chi connectivity index (χ1v) is 3.90. The highest BCUT2D eigenvalue weighted by Gasteiger charge is 2.28. The molecule has 1 aromatic rings. The second kappa shape index (κ2) is 2.65. The summed E-state index contributed by atoms with van der Waals surface area (Å²) in [5, 5.41) is 0. The van der Waals surface area contributed by atoms with Gasteiger partial charge >= 0.3 is 6.29 Å². The van der Waals surface area contributed by atoms with E-state index in [1.165, 1.54) is 0 Å². The highest BCUT2D eigenvalue weighted by atomic mass is 16.7. The van der Waals surface area contributed by atoms with Gasteiger partial charge in [-0.3, -0.25) is 4.79 Å². The Hall–Kier alpha value is -1.71. The number of ether oxygens (including phenoxy) is 2. The largest absolute Gasteiger partial charge is 0.442 e. The van der Waals surface area contributed by atoms with Crippen LogP contribution in [0.2, 0.25) is 0 Å². The summed E-state index contributed by atoms with van der Waals surface area (Å²) < 4.78 is 10.3. The summed E-state index contributed by atoms with van der Waals surface area (Å²) in [6.45, 7) is 1.93. The van der Waals surface area contributed by atoms with Crippen molar-refractivity contribution in [3.05, 3.63) is 23.8 Å². The molecule has 1 aliphatic rings. The van der Waals surface area contributed by atoms with Gasteiger partial charge in [0, 0.05) is 0 Å². The van der Waals surface area contributed by atoms with Crippen LogP contribution in [0.3, 0.4) is 0 Å². The van der Waals surface area contributed by atoms with E-state index in [0.29, 0.717) is 11.5 Å². The molecule has 68 valence electrons. The molecule has 0 fully saturated rings. The molecule has 1 aliphatic heterocycles. The maximum absolute atomic E-state index is 10.7. The van der Waals surface area contributed by atoms with E-state index >= 15 is 0 Å². The van der Waals surface area contributed by atoms with Crippen molar-refractivity contribution >= 4 is 5.91 Å². The molecule has 1 amide bonds. The third-order valence-corrected chi connectivity index (χ3v) is 1.80. The first-order valence-electron chi connectivity index (χ1n) is 3.90. The Morgan fingerprint density at radius 3 is 2.77 bits per heavy atom. The summed E-state index contributed by atoms with van der Waals surface area (Å²) in [7, 11) is 0.